The first-order valence-corrected chi connectivity index (χ1v) is 14.5. The fourth-order valence-corrected chi connectivity index (χ4v) is 11.9. The summed E-state index contributed by atoms with van der Waals surface area (Å²) in [5.74, 6) is 3.74. The van der Waals surface area contributed by atoms with Crippen molar-refractivity contribution in [3.8, 4) is 0 Å². The summed E-state index contributed by atoms with van der Waals surface area (Å²) < 4.78 is 5.91. The molecule has 0 radical (unpaired) electrons. The zero-order valence-corrected chi connectivity index (χ0v) is 23.6. The Morgan fingerprint density at radius 2 is 1.47 bits per heavy atom. The van der Waals surface area contributed by atoms with Crippen molar-refractivity contribution >= 4 is 5.97 Å². The molecule has 2 heteroatoms. The van der Waals surface area contributed by atoms with E-state index in [2.05, 4.69) is 55.0 Å². The molecular formula is C32H52O2. The molecule has 0 heterocycles. The molecule has 0 amide bonds. The van der Waals surface area contributed by atoms with Gasteiger partial charge in [-0.25, -0.2) is 0 Å². The Kier molecular flexibility index (Phi) is 5.57. The molecule has 0 aromatic heterocycles. The van der Waals surface area contributed by atoms with Crippen LogP contribution in [0.4, 0.5) is 0 Å². The summed E-state index contributed by atoms with van der Waals surface area (Å²) in [6.45, 7) is 23.9. The number of carbonyl (C=O) groups excluding carboxylic acids is 1. The largest absolute Gasteiger partial charge is 0.462 e. The smallest absolute Gasteiger partial charge is 0.302 e. The molecule has 5 saturated carbocycles. The van der Waals surface area contributed by atoms with Crippen LogP contribution in [0.2, 0.25) is 0 Å². The van der Waals surface area contributed by atoms with E-state index in [-0.39, 0.29) is 17.5 Å². The van der Waals surface area contributed by atoms with Crippen LogP contribution < -0.4 is 0 Å². The average Bonchev–Trinajstić information content (AvgIpc) is 3.08. The van der Waals surface area contributed by atoms with E-state index in [1.807, 2.05) is 0 Å². The van der Waals surface area contributed by atoms with E-state index in [0.717, 1.165) is 30.1 Å². The number of rotatable bonds is 2. The van der Waals surface area contributed by atoms with Crippen LogP contribution >= 0.6 is 0 Å². The van der Waals surface area contributed by atoms with Crippen LogP contribution in [-0.2, 0) is 9.53 Å². The molecule has 0 spiro atoms. The molecule has 0 saturated heterocycles. The number of allylic oxidation sites excluding steroid dienone is 1. The summed E-state index contributed by atoms with van der Waals surface area (Å²) in [5.41, 5.74) is 3.23. The van der Waals surface area contributed by atoms with Gasteiger partial charge in [-0.3, -0.25) is 4.79 Å². The van der Waals surface area contributed by atoms with Crippen molar-refractivity contribution in [2.45, 2.75) is 126 Å². The van der Waals surface area contributed by atoms with Gasteiger partial charge in [0.1, 0.15) is 6.10 Å². The first-order valence-electron chi connectivity index (χ1n) is 14.5. The normalized spacial score (nSPS) is 53.6. The van der Waals surface area contributed by atoms with Gasteiger partial charge < -0.3 is 4.74 Å². The topological polar surface area (TPSA) is 26.3 Å². The second kappa shape index (κ2) is 7.61. The maximum absolute atomic E-state index is 11.9. The van der Waals surface area contributed by atoms with Gasteiger partial charge in [0.15, 0.2) is 0 Å². The van der Waals surface area contributed by atoms with E-state index in [1.165, 1.54) is 63.4 Å². The maximum atomic E-state index is 11.9. The minimum atomic E-state index is -0.107. The lowest BCUT2D eigenvalue weighted by atomic mass is 9.32. The zero-order valence-electron chi connectivity index (χ0n) is 23.6. The first-order chi connectivity index (χ1) is 15.7. The summed E-state index contributed by atoms with van der Waals surface area (Å²) in [7, 11) is 0. The van der Waals surface area contributed by atoms with Gasteiger partial charge in [-0.1, -0.05) is 53.7 Å². The second-order valence-corrected chi connectivity index (χ2v) is 15.3. The van der Waals surface area contributed by atoms with Crippen LogP contribution in [0, 0.1) is 56.7 Å². The highest BCUT2D eigenvalue weighted by molar-refractivity contribution is 5.66. The Morgan fingerprint density at radius 3 is 2.12 bits per heavy atom. The van der Waals surface area contributed by atoms with Gasteiger partial charge in [0.05, 0.1) is 0 Å². The summed E-state index contributed by atoms with van der Waals surface area (Å²) in [6, 6.07) is 0. The van der Waals surface area contributed by atoms with Crippen LogP contribution in [0.15, 0.2) is 12.2 Å². The molecule has 0 unspecified atom stereocenters. The Balaban J connectivity index is 1.50. The molecule has 10 atom stereocenters. The van der Waals surface area contributed by atoms with E-state index in [1.54, 1.807) is 6.92 Å². The van der Waals surface area contributed by atoms with E-state index in [9.17, 15) is 4.79 Å². The van der Waals surface area contributed by atoms with Gasteiger partial charge in [-0.2, -0.15) is 0 Å². The fraction of sp³-hybridized carbons (Fsp3) is 0.906. The summed E-state index contributed by atoms with van der Waals surface area (Å²) in [5, 5.41) is 0. The Labute approximate surface area is 210 Å². The highest BCUT2D eigenvalue weighted by Crippen LogP contribution is 2.77. The van der Waals surface area contributed by atoms with Crippen molar-refractivity contribution in [2.75, 3.05) is 0 Å². The van der Waals surface area contributed by atoms with Gasteiger partial charge in [0, 0.05) is 12.3 Å². The molecular weight excluding hydrogens is 416 g/mol. The van der Waals surface area contributed by atoms with E-state index in [4.69, 9.17) is 4.74 Å². The standard InChI is InChI=1S/C32H52O2/c1-20(2)22-12-15-29(6)18-19-31(8)23(27(22)29)10-11-25-30(7)16-14-26(34-21(3)33)28(4,5)24(30)13-17-32(25,31)9/h22-27H,1,10-19H2,2-9H3/t22-,23-,24-,25+,26-,27+,29+,30-,31+,32+/m0/s1. The lowest BCUT2D eigenvalue weighted by Gasteiger charge is -2.73. The van der Waals surface area contributed by atoms with Crippen molar-refractivity contribution < 1.29 is 9.53 Å². The Hall–Kier alpha value is -0.790. The van der Waals surface area contributed by atoms with Gasteiger partial charge in [0.25, 0.3) is 0 Å². The third-order valence-corrected chi connectivity index (χ3v) is 13.7. The second-order valence-electron chi connectivity index (χ2n) is 15.3. The molecule has 192 valence electrons. The lowest BCUT2D eigenvalue weighted by Crippen LogP contribution is -2.66. The summed E-state index contributed by atoms with van der Waals surface area (Å²) in [6.07, 6.45) is 13.4. The molecule has 5 fully saturated rings. The monoisotopic (exact) mass is 468 g/mol. The molecule has 5 rings (SSSR count). The Morgan fingerprint density at radius 1 is 0.765 bits per heavy atom. The van der Waals surface area contributed by atoms with Gasteiger partial charge in [-0.05, 0) is 122 Å². The van der Waals surface area contributed by atoms with E-state index < -0.39 is 0 Å². The number of esters is 1. The van der Waals surface area contributed by atoms with Crippen LogP contribution in [0.3, 0.4) is 0 Å². The van der Waals surface area contributed by atoms with E-state index >= 15 is 0 Å². The zero-order chi connectivity index (χ0) is 24.9. The van der Waals surface area contributed by atoms with Crippen LogP contribution in [0.5, 0.6) is 0 Å². The summed E-state index contributed by atoms with van der Waals surface area (Å²) in [4.78, 5) is 11.9. The fourth-order valence-electron chi connectivity index (χ4n) is 11.9. The van der Waals surface area contributed by atoms with Gasteiger partial charge in [0.2, 0.25) is 0 Å². The van der Waals surface area contributed by atoms with Crippen LogP contribution in [0.1, 0.15) is 120 Å². The average molecular weight is 469 g/mol. The van der Waals surface area contributed by atoms with E-state index in [0.29, 0.717) is 27.6 Å². The number of fused-ring (bicyclic) bond motifs is 7. The molecule has 0 bridgehead atoms. The molecule has 0 N–H and O–H groups in total. The molecule has 5 aliphatic carbocycles. The molecule has 0 aliphatic heterocycles. The van der Waals surface area contributed by atoms with Gasteiger partial charge in [-0.15, -0.1) is 0 Å². The maximum Gasteiger partial charge on any atom is 0.302 e. The van der Waals surface area contributed by atoms with Crippen molar-refractivity contribution in [3.05, 3.63) is 12.2 Å². The summed E-state index contributed by atoms with van der Waals surface area (Å²) >= 11 is 0. The van der Waals surface area contributed by atoms with Crippen LogP contribution in [0.25, 0.3) is 0 Å². The van der Waals surface area contributed by atoms with Gasteiger partial charge >= 0.3 is 5.97 Å². The number of carbonyl (C=O) groups is 1. The predicted octanol–water partition coefficient (Wildman–Crippen LogP) is 8.60. The van der Waals surface area contributed by atoms with Crippen LogP contribution in [-0.4, -0.2) is 12.1 Å². The number of hydrogen-bond donors (Lipinski definition) is 0. The minimum absolute atomic E-state index is 0.0550. The molecule has 34 heavy (non-hydrogen) atoms. The third-order valence-electron chi connectivity index (χ3n) is 13.7. The van der Waals surface area contributed by atoms with Crippen molar-refractivity contribution in [1.82, 2.24) is 0 Å². The number of ether oxygens (including phenoxy) is 1. The molecule has 5 aliphatic rings. The highest BCUT2D eigenvalue weighted by atomic mass is 16.5. The van der Waals surface area contributed by atoms with Crippen molar-refractivity contribution in [3.63, 3.8) is 0 Å². The predicted molar refractivity (Wildman–Crippen MR) is 140 cm³/mol. The SMILES string of the molecule is C=C(C)[C@@H]1CC[C@]2(C)CC[C@]3(C)[C@@H](CC[C@@H]4[C@@]5(C)CC[C@H](OC(C)=O)C(C)(C)[C@@H]5CC[C@]43C)[C@@H]12. The Bertz CT molecular complexity index is 872. The van der Waals surface area contributed by atoms with Crippen molar-refractivity contribution in [2.24, 2.45) is 56.7 Å². The molecule has 0 aromatic carbocycles. The molecule has 0 aromatic rings. The van der Waals surface area contributed by atoms with Crippen molar-refractivity contribution in [1.29, 1.82) is 0 Å². The lowest BCUT2D eigenvalue weighted by molar-refractivity contribution is -0.248. The number of hydrogen-bond acceptors (Lipinski definition) is 2. The first kappa shape index (κ1) is 24.9. The molecule has 2 nitrogen and oxygen atoms in total. The third kappa shape index (κ3) is 3.08. The quantitative estimate of drug-likeness (QED) is 0.299. The minimum Gasteiger partial charge on any atom is -0.462 e. The highest BCUT2D eigenvalue weighted by Gasteiger charge is 2.70.